The molecule has 0 aliphatic heterocycles. The molecule has 1 aliphatic carbocycles. The van der Waals surface area contributed by atoms with Crippen molar-refractivity contribution >= 4 is 29.1 Å². The van der Waals surface area contributed by atoms with Gasteiger partial charge in [0, 0.05) is 29.2 Å². The number of aromatic nitrogens is 1. The third kappa shape index (κ3) is 3.30. The van der Waals surface area contributed by atoms with E-state index in [4.69, 9.17) is 11.6 Å². The van der Waals surface area contributed by atoms with Gasteiger partial charge in [-0.15, -0.1) is 0 Å². The topological polar surface area (TPSA) is 94.4 Å². The zero-order valence-corrected chi connectivity index (χ0v) is 13.5. The van der Waals surface area contributed by atoms with Gasteiger partial charge in [0.15, 0.2) is 0 Å². The van der Waals surface area contributed by atoms with E-state index in [2.05, 4.69) is 15.0 Å². The number of carbonyl (C=O) groups is 1. The van der Waals surface area contributed by atoms with Crippen molar-refractivity contribution in [2.75, 3.05) is 12.4 Å². The molecule has 1 fully saturated rings. The Morgan fingerprint density at radius 1 is 1.42 bits per heavy atom. The summed E-state index contributed by atoms with van der Waals surface area (Å²) in [6.07, 6.45) is 2.11. The van der Waals surface area contributed by atoms with Gasteiger partial charge in [0.25, 0.3) is 0 Å². The van der Waals surface area contributed by atoms with Gasteiger partial charge in [-0.2, -0.15) is 0 Å². The smallest absolute Gasteiger partial charge is 0.339 e. The molecule has 1 heterocycles. The third-order valence-corrected chi connectivity index (χ3v) is 4.15. The first-order valence-electron chi connectivity index (χ1n) is 7.24. The van der Waals surface area contributed by atoms with E-state index in [-0.39, 0.29) is 29.0 Å². The number of nitro groups is 1. The van der Waals surface area contributed by atoms with Crippen LogP contribution in [-0.2, 0) is 4.74 Å². The lowest BCUT2D eigenvalue weighted by Gasteiger charge is -2.07. The Kier molecular flexibility index (Phi) is 4.35. The molecule has 2 unspecified atom stereocenters. The number of esters is 1. The maximum absolute atomic E-state index is 11.5. The Balaban J connectivity index is 1.77. The standard InChI is InChI=1S/C16H14ClN3O4/c1-24-16(21)10-6-14(20(22)23)15(18-8-10)19-13-7-12(13)9-2-4-11(17)5-3-9/h2-6,8,12-13H,7H2,1H3,(H,18,19). The minimum atomic E-state index is -0.664. The molecule has 0 spiro atoms. The van der Waals surface area contributed by atoms with E-state index in [0.29, 0.717) is 5.02 Å². The van der Waals surface area contributed by atoms with Crippen LogP contribution in [0, 0.1) is 10.1 Å². The molecule has 8 heteroatoms. The van der Waals surface area contributed by atoms with E-state index in [9.17, 15) is 14.9 Å². The molecule has 2 aromatic rings. The summed E-state index contributed by atoms with van der Waals surface area (Å²) in [6.45, 7) is 0. The minimum absolute atomic E-state index is 0.0415. The lowest BCUT2D eigenvalue weighted by atomic mass is 10.1. The van der Waals surface area contributed by atoms with Crippen LogP contribution < -0.4 is 5.32 Å². The van der Waals surface area contributed by atoms with Crippen LogP contribution in [0.5, 0.6) is 0 Å². The molecule has 1 aromatic carbocycles. The molecule has 1 saturated carbocycles. The highest BCUT2D eigenvalue weighted by molar-refractivity contribution is 6.30. The fraction of sp³-hybridized carbons (Fsp3) is 0.250. The number of ether oxygens (including phenoxy) is 1. The van der Waals surface area contributed by atoms with Crippen molar-refractivity contribution in [2.45, 2.75) is 18.4 Å². The summed E-state index contributed by atoms with van der Waals surface area (Å²) in [5.74, 6) is -0.263. The summed E-state index contributed by atoms with van der Waals surface area (Å²) in [5.41, 5.74) is 0.908. The summed E-state index contributed by atoms with van der Waals surface area (Å²) in [4.78, 5) is 26.2. The summed E-state index contributed by atoms with van der Waals surface area (Å²) >= 11 is 5.87. The van der Waals surface area contributed by atoms with Gasteiger partial charge < -0.3 is 10.1 Å². The van der Waals surface area contributed by atoms with Gasteiger partial charge in [-0.3, -0.25) is 10.1 Å². The average molecular weight is 348 g/mol. The summed E-state index contributed by atoms with van der Waals surface area (Å²) in [6, 6.07) is 8.74. The third-order valence-electron chi connectivity index (χ3n) is 3.90. The number of nitrogens with one attached hydrogen (secondary N) is 1. The van der Waals surface area contributed by atoms with E-state index >= 15 is 0 Å². The molecule has 1 aliphatic rings. The largest absolute Gasteiger partial charge is 0.465 e. The van der Waals surface area contributed by atoms with Crippen molar-refractivity contribution in [3.8, 4) is 0 Å². The van der Waals surface area contributed by atoms with Gasteiger partial charge in [-0.05, 0) is 24.1 Å². The van der Waals surface area contributed by atoms with E-state index in [1.165, 1.54) is 19.4 Å². The summed E-state index contributed by atoms with van der Waals surface area (Å²) < 4.78 is 4.56. The van der Waals surface area contributed by atoms with Gasteiger partial charge in [0.1, 0.15) is 0 Å². The number of carbonyl (C=O) groups excluding carboxylic acids is 1. The van der Waals surface area contributed by atoms with Crippen LogP contribution in [0.4, 0.5) is 11.5 Å². The van der Waals surface area contributed by atoms with Gasteiger partial charge in [-0.25, -0.2) is 9.78 Å². The zero-order valence-electron chi connectivity index (χ0n) is 12.7. The van der Waals surface area contributed by atoms with Crippen LogP contribution in [0.25, 0.3) is 0 Å². The van der Waals surface area contributed by atoms with Crippen molar-refractivity contribution in [2.24, 2.45) is 0 Å². The summed E-state index contributed by atoms with van der Waals surface area (Å²) in [7, 11) is 1.21. The molecular weight excluding hydrogens is 334 g/mol. The highest BCUT2D eigenvalue weighted by atomic mass is 35.5. The number of hydrogen-bond acceptors (Lipinski definition) is 6. The molecule has 0 bridgehead atoms. The molecular formula is C16H14ClN3O4. The molecule has 0 saturated heterocycles. The van der Waals surface area contributed by atoms with Crippen LogP contribution in [0.1, 0.15) is 28.3 Å². The van der Waals surface area contributed by atoms with E-state index < -0.39 is 10.9 Å². The van der Waals surface area contributed by atoms with Gasteiger partial charge >= 0.3 is 11.7 Å². The van der Waals surface area contributed by atoms with Crippen LogP contribution in [-0.4, -0.2) is 29.0 Å². The van der Waals surface area contributed by atoms with E-state index in [0.717, 1.165) is 12.0 Å². The van der Waals surface area contributed by atoms with Crippen LogP contribution >= 0.6 is 11.6 Å². The minimum Gasteiger partial charge on any atom is -0.465 e. The van der Waals surface area contributed by atoms with Gasteiger partial charge in [0.05, 0.1) is 17.6 Å². The molecule has 1 aromatic heterocycles. The number of pyridine rings is 1. The molecule has 0 amide bonds. The fourth-order valence-corrected chi connectivity index (χ4v) is 2.67. The van der Waals surface area contributed by atoms with Crippen molar-refractivity contribution in [3.05, 3.63) is 62.8 Å². The zero-order chi connectivity index (χ0) is 17.3. The van der Waals surface area contributed by atoms with Crippen molar-refractivity contribution < 1.29 is 14.5 Å². The maximum atomic E-state index is 11.5. The first kappa shape index (κ1) is 16.2. The first-order valence-corrected chi connectivity index (χ1v) is 7.62. The summed E-state index contributed by atoms with van der Waals surface area (Å²) in [5, 5.41) is 15.0. The Bertz CT molecular complexity index is 794. The predicted octanol–water partition coefficient (Wildman–Crippen LogP) is 3.40. The highest BCUT2D eigenvalue weighted by Gasteiger charge is 2.39. The SMILES string of the molecule is COC(=O)c1cnc(NC2CC2c2ccc(Cl)cc2)c([N+](=O)[O-])c1. The second-order valence-corrected chi connectivity index (χ2v) is 5.92. The number of benzene rings is 1. The number of halogens is 1. The molecule has 1 N–H and O–H groups in total. The van der Waals surface area contributed by atoms with Gasteiger partial charge in [-0.1, -0.05) is 23.7 Å². The Labute approximate surface area is 142 Å². The fourth-order valence-electron chi connectivity index (χ4n) is 2.54. The van der Waals surface area contributed by atoms with Gasteiger partial charge in [0.2, 0.25) is 5.82 Å². The number of hydrogen-bond donors (Lipinski definition) is 1. The van der Waals surface area contributed by atoms with Crippen LogP contribution in [0.15, 0.2) is 36.5 Å². The predicted molar refractivity (Wildman–Crippen MR) is 88.5 cm³/mol. The molecule has 7 nitrogen and oxygen atoms in total. The lowest BCUT2D eigenvalue weighted by Crippen LogP contribution is -2.10. The second-order valence-electron chi connectivity index (χ2n) is 5.48. The monoisotopic (exact) mass is 347 g/mol. The van der Waals surface area contributed by atoms with Crippen molar-refractivity contribution in [3.63, 3.8) is 0 Å². The number of rotatable bonds is 5. The molecule has 3 rings (SSSR count). The molecule has 124 valence electrons. The first-order chi connectivity index (χ1) is 11.5. The van der Waals surface area contributed by atoms with Crippen molar-refractivity contribution in [1.82, 2.24) is 4.98 Å². The number of methoxy groups -OCH3 is 1. The number of anilines is 1. The number of nitrogens with zero attached hydrogens (tertiary/aromatic N) is 2. The normalized spacial score (nSPS) is 18.8. The Morgan fingerprint density at radius 2 is 2.12 bits per heavy atom. The second kappa shape index (κ2) is 6.45. The molecule has 0 radical (unpaired) electrons. The van der Waals surface area contributed by atoms with E-state index in [1.807, 2.05) is 24.3 Å². The average Bonchev–Trinajstić information content (AvgIpc) is 3.34. The molecule has 2 atom stereocenters. The Hall–Kier alpha value is -2.67. The van der Waals surface area contributed by atoms with Crippen molar-refractivity contribution in [1.29, 1.82) is 0 Å². The van der Waals surface area contributed by atoms with Crippen LogP contribution in [0.2, 0.25) is 5.02 Å². The quantitative estimate of drug-likeness (QED) is 0.506. The Morgan fingerprint density at radius 3 is 2.75 bits per heavy atom. The lowest BCUT2D eigenvalue weighted by molar-refractivity contribution is -0.384. The molecule has 24 heavy (non-hydrogen) atoms. The van der Waals surface area contributed by atoms with E-state index in [1.54, 1.807) is 0 Å². The maximum Gasteiger partial charge on any atom is 0.339 e. The highest BCUT2D eigenvalue weighted by Crippen LogP contribution is 2.43. The van der Waals surface area contributed by atoms with Crippen LogP contribution in [0.3, 0.4) is 0 Å².